The first-order chi connectivity index (χ1) is 14.4. The first-order valence-corrected chi connectivity index (χ1v) is 10.2. The first kappa shape index (κ1) is 19.8. The lowest BCUT2D eigenvalue weighted by atomic mass is 10.1. The lowest BCUT2D eigenvalue weighted by molar-refractivity contribution is -0.136. The first-order valence-electron chi connectivity index (χ1n) is 9.42. The summed E-state index contributed by atoms with van der Waals surface area (Å²) in [5.74, 6) is -0.537. The number of hydrogen-bond acceptors (Lipinski definition) is 6. The minimum Gasteiger partial charge on any atom is -0.460 e. The Bertz CT molecular complexity index is 1320. The quantitative estimate of drug-likeness (QED) is 0.606. The number of hydrogen-bond donors (Lipinski definition) is 2. The van der Waals surface area contributed by atoms with Gasteiger partial charge in [-0.1, -0.05) is 17.4 Å². The van der Waals surface area contributed by atoms with E-state index in [1.165, 1.54) is 11.3 Å². The fourth-order valence-electron chi connectivity index (χ4n) is 3.02. The van der Waals surface area contributed by atoms with Crippen LogP contribution in [-0.4, -0.2) is 22.9 Å². The van der Waals surface area contributed by atoms with Crippen LogP contribution in [0.3, 0.4) is 0 Å². The van der Waals surface area contributed by atoms with E-state index in [0.29, 0.717) is 34.8 Å². The molecule has 1 aliphatic rings. The maximum absolute atomic E-state index is 12.3. The Hall–Kier alpha value is -3.46. The van der Waals surface area contributed by atoms with Gasteiger partial charge in [-0.2, -0.15) is 0 Å². The third-order valence-electron chi connectivity index (χ3n) is 4.81. The molecule has 0 fully saturated rings. The van der Waals surface area contributed by atoms with E-state index in [1.807, 2.05) is 26.0 Å². The van der Waals surface area contributed by atoms with Crippen molar-refractivity contribution in [1.82, 2.24) is 9.88 Å². The Morgan fingerprint density at radius 1 is 1.20 bits per heavy atom. The Labute approximate surface area is 175 Å². The normalized spacial score (nSPS) is 13.1. The fourth-order valence-corrected chi connectivity index (χ4v) is 4.03. The summed E-state index contributed by atoms with van der Waals surface area (Å²) in [6, 6.07) is 8.84. The van der Waals surface area contributed by atoms with Gasteiger partial charge in [-0.05, 0) is 49.2 Å². The molecule has 0 saturated heterocycles. The molecule has 3 heterocycles. The fraction of sp³-hybridized carbons (Fsp3) is 0.238. The molecule has 154 valence electrons. The van der Waals surface area contributed by atoms with Gasteiger partial charge >= 0.3 is 11.8 Å². The molecule has 2 N–H and O–H groups in total. The second-order valence-corrected chi connectivity index (χ2v) is 7.98. The van der Waals surface area contributed by atoms with Crippen LogP contribution >= 0.6 is 11.3 Å². The maximum atomic E-state index is 12.3. The average molecular weight is 424 g/mol. The van der Waals surface area contributed by atoms with Crippen LogP contribution in [0.1, 0.15) is 22.6 Å². The third kappa shape index (κ3) is 4.11. The Kier molecular flexibility index (Phi) is 5.37. The van der Waals surface area contributed by atoms with Gasteiger partial charge in [-0.15, -0.1) is 0 Å². The van der Waals surface area contributed by atoms with Gasteiger partial charge in [-0.25, -0.2) is 0 Å². The van der Waals surface area contributed by atoms with Crippen LogP contribution in [0.15, 0.2) is 44.5 Å². The van der Waals surface area contributed by atoms with Crippen LogP contribution in [0.25, 0.3) is 6.08 Å². The van der Waals surface area contributed by atoms with Gasteiger partial charge in [0.05, 0.1) is 17.6 Å². The summed E-state index contributed by atoms with van der Waals surface area (Å²) >= 11 is 1.32. The topological polar surface area (TPSA) is 106 Å². The van der Waals surface area contributed by atoms with E-state index >= 15 is 0 Å². The summed E-state index contributed by atoms with van der Waals surface area (Å²) in [6.07, 6.45) is 1.66. The van der Waals surface area contributed by atoms with E-state index < -0.39 is 11.8 Å². The molecule has 2 amide bonds. The van der Waals surface area contributed by atoms with E-state index in [2.05, 4.69) is 15.6 Å². The molecular formula is C21H20N4O4S. The van der Waals surface area contributed by atoms with E-state index in [0.717, 1.165) is 15.9 Å². The molecule has 8 nitrogen and oxygen atoms in total. The van der Waals surface area contributed by atoms with Crippen molar-refractivity contribution in [1.29, 1.82) is 0 Å². The Morgan fingerprint density at radius 3 is 2.80 bits per heavy atom. The minimum atomic E-state index is -0.760. The number of anilines is 1. The molecular weight excluding hydrogens is 404 g/mol. The van der Waals surface area contributed by atoms with Crippen LogP contribution < -0.4 is 25.5 Å². The van der Waals surface area contributed by atoms with Crippen LogP contribution in [0.4, 0.5) is 5.69 Å². The lowest BCUT2D eigenvalue weighted by Gasteiger charge is -2.07. The van der Waals surface area contributed by atoms with Crippen LogP contribution in [0.2, 0.25) is 0 Å². The number of carbonyl (C=O) groups is 2. The molecule has 0 spiro atoms. The van der Waals surface area contributed by atoms with Crippen molar-refractivity contribution in [2.75, 3.05) is 11.9 Å². The zero-order valence-corrected chi connectivity index (χ0v) is 17.3. The monoisotopic (exact) mass is 424 g/mol. The number of thiazole rings is 1. The van der Waals surface area contributed by atoms with Gasteiger partial charge in [-0.3, -0.25) is 23.9 Å². The molecule has 3 aromatic rings. The second-order valence-electron chi connectivity index (χ2n) is 6.97. The van der Waals surface area contributed by atoms with Gasteiger partial charge < -0.3 is 15.1 Å². The predicted octanol–water partition coefficient (Wildman–Crippen LogP) is 0.837. The van der Waals surface area contributed by atoms with Crippen molar-refractivity contribution in [2.24, 2.45) is 4.99 Å². The Balaban J connectivity index is 1.38. The zero-order valence-electron chi connectivity index (χ0n) is 16.5. The van der Waals surface area contributed by atoms with Crippen molar-refractivity contribution >= 4 is 34.9 Å². The number of aryl methyl sites for hydroxylation is 2. The molecule has 1 aromatic carbocycles. The molecule has 30 heavy (non-hydrogen) atoms. The van der Waals surface area contributed by atoms with Gasteiger partial charge in [0.2, 0.25) is 0 Å². The highest BCUT2D eigenvalue weighted by atomic mass is 32.1. The number of carbonyl (C=O) groups excluding carboxylic acids is 2. The maximum Gasteiger partial charge on any atom is 0.313 e. The number of benzene rings is 1. The second kappa shape index (κ2) is 8.11. The molecule has 0 bridgehead atoms. The minimum absolute atomic E-state index is 0.0578. The van der Waals surface area contributed by atoms with Gasteiger partial charge in [0.1, 0.15) is 11.5 Å². The molecule has 0 radical (unpaired) electrons. The number of nitrogens with one attached hydrogen (secondary N) is 2. The smallest absolute Gasteiger partial charge is 0.313 e. The molecule has 0 aliphatic carbocycles. The zero-order chi connectivity index (χ0) is 21.3. The number of nitrogens with zero attached hydrogens (tertiary/aromatic N) is 2. The van der Waals surface area contributed by atoms with Gasteiger partial charge in [0.25, 0.3) is 5.56 Å². The van der Waals surface area contributed by atoms with Crippen LogP contribution in [-0.2, 0) is 22.7 Å². The van der Waals surface area contributed by atoms with Crippen molar-refractivity contribution in [2.45, 2.75) is 26.9 Å². The molecule has 4 rings (SSSR count). The summed E-state index contributed by atoms with van der Waals surface area (Å²) < 4.78 is 7.84. The highest BCUT2D eigenvalue weighted by molar-refractivity contribution is 7.07. The van der Waals surface area contributed by atoms with E-state index in [9.17, 15) is 14.4 Å². The summed E-state index contributed by atoms with van der Waals surface area (Å²) in [5.41, 5.74) is 2.61. The van der Waals surface area contributed by atoms with E-state index in [4.69, 9.17) is 4.42 Å². The summed E-state index contributed by atoms with van der Waals surface area (Å²) in [7, 11) is 0. The molecule has 1 aliphatic heterocycles. The SMILES string of the molecule is Cc1ccc(NC(=O)C(=O)NCc2ccc(/C=c3/sc4n(c3=O)CCN=4)o2)cc1C. The van der Waals surface area contributed by atoms with E-state index in [1.54, 1.807) is 28.8 Å². The number of furan rings is 1. The number of rotatable bonds is 4. The summed E-state index contributed by atoms with van der Waals surface area (Å²) in [6.45, 7) is 5.22. The van der Waals surface area contributed by atoms with Crippen molar-refractivity contribution in [3.8, 4) is 0 Å². The van der Waals surface area contributed by atoms with Crippen molar-refractivity contribution in [3.63, 3.8) is 0 Å². The van der Waals surface area contributed by atoms with Gasteiger partial charge in [0, 0.05) is 18.3 Å². The Morgan fingerprint density at radius 2 is 2.03 bits per heavy atom. The molecule has 0 saturated carbocycles. The van der Waals surface area contributed by atoms with Crippen molar-refractivity contribution in [3.05, 3.63) is 72.7 Å². The van der Waals surface area contributed by atoms with E-state index in [-0.39, 0.29) is 12.1 Å². The highest BCUT2D eigenvalue weighted by Gasteiger charge is 2.15. The highest BCUT2D eigenvalue weighted by Crippen LogP contribution is 2.14. The summed E-state index contributed by atoms with van der Waals surface area (Å²) in [4.78, 5) is 41.4. The number of fused-ring (bicyclic) bond motifs is 1. The molecule has 0 atom stereocenters. The summed E-state index contributed by atoms with van der Waals surface area (Å²) in [5, 5.41) is 5.10. The van der Waals surface area contributed by atoms with Gasteiger partial charge in [0.15, 0.2) is 4.80 Å². The molecule has 9 heteroatoms. The number of amides is 2. The van der Waals surface area contributed by atoms with Crippen LogP contribution in [0, 0.1) is 13.8 Å². The third-order valence-corrected chi connectivity index (χ3v) is 5.85. The average Bonchev–Trinajstić information content (AvgIpc) is 3.42. The molecule has 2 aromatic heterocycles. The van der Waals surface area contributed by atoms with Crippen LogP contribution in [0.5, 0.6) is 0 Å². The standard InChI is InChI=1S/C21H20N4O4S/c1-12-3-4-14(9-13(12)2)24-19(27)18(26)23-11-16-6-5-15(29-16)10-17-20(28)25-8-7-22-21(25)30-17/h3-6,9-10H,7-8,11H2,1-2H3,(H,23,26)(H,24,27)/b17-10+. The number of aromatic nitrogens is 1. The largest absolute Gasteiger partial charge is 0.460 e. The molecule has 0 unspecified atom stereocenters. The predicted molar refractivity (Wildman–Crippen MR) is 113 cm³/mol. The van der Waals surface area contributed by atoms with Crippen molar-refractivity contribution < 1.29 is 14.0 Å². The lowest BCUT2D eigenvalue weighted by Crippen LogP contribution is -2.34.